The fourth-order valence-electron chi connectivity index (χ4n) is 0.662. The molecule has 0 saturated heterocycles. The van der Waals surface area contributed by atoms with Gasteiger partial charge < -0.3 is 9.05 Å². The molecule has 14 heavy (non-hydrogen) atoms. The summed E-state index contributed by atoms with van der Waals surface area (Å²) in [6.45, 7) is 3.07. The predicted molar refractivity (Wildman–Crippen MR) is 54.1 cm³/mol. The lowest BCUT2D eigenvalue weighted by atomic mass is 10.8. The Bertz CT molecular complexity index is 246. The normalized spacial score (nSPS) is 12.9. The standard InChI is InChI=1S/C6H11Cl2FNO3P/c1-3-12-14(11,13-4-2)5(10)6(7,8)9/h10H,3-4H2,1-2H3. The Balaban J connectivity index is 4.83. The molecule has 0 aromatic heterocycles. The van der Waals surface area contributed by atoms with E-state index in [9.17, 15) is 8.96 Å². The number of rotatable bonds is 6. The summed E-state index contributed by atoms with van der Waals surface area (Å²) in [5.74, 6) is 0. The van der Waals surface area contributed by atoms with Crippen LogP contribution in [0.15, 0.2) is 0 Å². The van der Waals surface area contributed by atoms with Gasteiger partial charge in [-0.15, -0.1) is 0 Å². The zero-order valence-corrected chi connectivity index (χ0v) is 10.1. The van der Waals surface area contributed by atoms with E-state index in [1.807, 2.05) is 0 Å². The van der Waals surface area contributed by atoms with Crippen LogP contribution in [0.1, 0.15) is 13.8 Å². The zero-order chi connectivity index (χ0) is 11.4. The van der Waals surface area contributed by atoms with E-state index in [1.165, 1.54) is 13.8 Å². The van der Waals surface area contributed by atoms with Crippen molar-refractivity contribution in [2.75, 3.05) is 13.2 Å². The smallest absolute Gasteiger partial charge is 0.305 e. The van der Waals surface area contributed by atoms with Crippen LogP contribution >= 0.6 is 30.8 Å². The second kappa shape index (κ2) is 5.42. The lowest BCUT2D eigenvalue weighted by molar-refractivity contribution is 0.230. The molecule has 0 saturated carbocycles. The van der Waals surface area contributed by atoms with E-state index in [2.05, 4.69) is 9.05 Å². The minimum atomic E-state index is -3.99. The van der Waals surface area contributed by atoms with Crippen LogP contribution in [0.3, 0.4) is 0 Å². The van der Waals surface area contributed by atoms with Crippen molar-refractivity contribution in [3.63, 3.8) is 0 Å². The van der Waals surface area contributed by atoms with E-state index in [0.717, 1.165) is 0 Å². The molecule has 0 radical (unpaired) electrons. The Morgan fingerprint density at radius 3 is 2.00 bits per heavy atom. The van der Waals surface area contributed by atoms with E-state index in [1.54, 1.807) is 0 Å². The van der Waals surface area contributed by atoms with Gasteiger partial charge in [-0.05, 0) is 13.8 Å². The van der Waals surface area contributed by atoms with Gasteiger partial charge in [-0.25, -0.2) is 4.39 Å². The quantitative estimate of drug-likeness (QED) is 0.455. The first-order valence-corrected chi connectivity index (χ1v) is 6.13. The highest BCUT2D eigenvalue weighted by atomic mass is 35.5. The summed E-state index contributed by atoms with van der Waals surface area (Å²) in [4.78, 5) is 0. The van der Waals surface area contributed by atoms with Crippen LogP contribution in [0.25, 0.3) is 0 Å². The summed E-state index contributed by atoms with van der Waals surface area (Å²) in [7, 11) is -3.99. The van der Waals surface area contributed by atoms with Gasteiger partial charge in [0, 0.05) is 0 Å². The number of hydrogen-bond acceptors (Lipinski definition) is 4. The highest BCUT2D eigenvalue weighted by molar-refractivity contribution is 7.73. The summed E-state index contributed by atoms with van der Waals surface area (Å²) >= 11 is 9.96. The van der Waals surface area contributed by atoms with Crippen LogP contribution in [0.5, 0.6) is 0 Å². The minimum absolute atomic E-state index is 0.00349. The monoisotopic (exact) mass is 265 g/mol. The van der Waals surface area contributed by atoms with Crippen LogP contribution in [0.4, 0.5) is 4.39 Å². The Kier molecular flexibility index (Phi) is 5.55. The maximum Gasteiger partial charge on any atom is 0.380 e. The van der Waals surface area contributed by atoms with Gasteiger partial charge in [0.1, 0.15) is 0 Å². The minimum Gasteiger partial charge on any atom is -0.305 e. The Hall–Kier alpha value is 0.330. The SMILES string of the molecule is CCOP(=O)(OCC)C(=N)C(F)(Cl)Cl. The number of alkyl halides is 3. The summed E-state index contributed by atoms with van der Waals surface area (Å²) < 4.78 is 30.9. The average molecular weight is 266 g/mol. The molecule has 0 aliphatic heterocycles. The molecule has 0 fully saturated rings. The third-order valence-corrected chi connectivity index (χ3v) is 3.83. The predicted octanol–water partition coefficient (Wildman–Crippen LogP) is 3.33. The maximum atomic E-state index is 12.9. The topological polar surface area (TPSA) is 59.4 Å². The molecule has 4 nitrogen and oxygen atoms in total. The second-order valence-corrected chi connectivity index (χ2v) is 5.37. The molecule has 0 spiro atoms. The van der Waals surface area contributed by atoms with Crippen molar-refractivity contribution in [1.82, 2.24) is 0 Å². The van der Waals surface area contributed by atoms with Gasteiger partial charge in [-0.1, -0.05) is 23.2 Å². The van der Waals surface area contributed by atoms with Crippen molar-refractivity contribution in [3.8, 4) is 0 Å². The molecule has 0 aliphatic carbocycles. The van der Waals surface area contributed by atoms with Crippen LogP contribution in [-0.4, -0.2) is 23.3 Å². The van der Waals surface area contributed by atoms with Gasteiger partial charge >= 0.3 is 12.2 Å². The largest absolute Gasteiger partial charge is 0.380 e. The van der Waals surface area contributed by atoms with E-state index in [4.69, 9.17) is 28.6 Å². The summed E-state index contributed by atoms with van der Waals surface area (Å²) in [5.41, 5.74) is -1.10. The van der Waals surface area contributed by atoms with Crippen LogP contribution < -0.4 is 0 Å². The molecule has 0 atom stereocenters. The van der Waals surface area contributed by atoms with E-state index < -0.39 is 17.6 Å². The molecule has 0 bridgehead atoms. The van der Waals surface area contributed by atoms with Crippen LogP contribution in [-0.2, 0) is 13.6 Å². The van der Waals surface area contributed by atoms with Crippen molar-refractivity contribution < 1.29 is 18.0 Å². The van der Waals surface area contributed by atoms with Gasteiger partial charge in [0.25, 0.3) is 0 Å². The van der Waals surface area contributed by atoms with E-state index in [-0.39, 0.29) is 13.2 Å². The number of hydrogen-bond donors (Lipinski definition) is 1. The Labute approximate surface area is 91.7 Å². The summed E-state index contributed by atoms with van der Waals surface area (Å²) in [6, 6.07) is 0. The molecular weight excluding hydrogens is 255 g/mol. The third kappa shape index (κ3) is 3.83. The highest BCUT2D eigenvalue weighted by Gasteiger charge is 2.45. The number of nitrogens with one attached hydrogen (secondary N) is 1. The molecule has 0 aliphatic rings. The van der Waals surface area contributed by atoms with Crippen LogP contribution in [0, 0.1) is 5.41 Å². The fraction of sp³-hybridized carbons (Fsp3) is 0.833. The lowest BCUT2D eigenvalue weighted by Gasteiger charge is -2.20. The lowest BCUT2D eigenvalue weighted by Crippen LogP contribution is -2.21. The molecule has 0 rings (SSSR count). The first-order valence-electron chi connectivity index (χ1n) is 3.83. The van der Waals surface area contributed by atoms with E-state index >= 15 is 0 Å². The first-order chi connectivity index (χ1) is 6.28. The first kappa shape index (κ1) is 14.3. The Morgan fingerprint density at radius 1 is 1.43 bits per heavy atom. The summed E-state index contributed by atoms with van der Waals surface area (Å²) in [6.07, 6.45) is 0. The van der Waals surface area contributed by atoms with Crippen LogP contribution in [0.2, 0.25) is 0 Å². The molecule has 84 valence electrons. The fourth-order valence-corrected chi connectivity index (χ4v) is 2.61. The van der Waals surface area contributed by atoms with Crippen molar-refractivity contribution in [2.24, 2.45) is 0 Å². The summed E-state index contributed by atoms with van der Waals surface area (Å²) in [5, 5.41) is 7.15. The molecule has 0 aromatic rings. The molecule has 1 N–H and O–H groups in total. The third-order valence-electron chi connectivity index (χ3n) is 1.14. The van der Waals surface area contributed by atoms with Gasteiger partial charge in [0.2, 0.25) is 0 Å². The molecule has 8 heteroatoms. The van der Waals surface area contributed by atoms with E-state index in [0.29, 0.717) is 0 Å². The molecule has 0 aromatic carbocycles. The van der Waals surface area contributed by atoms with Crippen molar-refractivity contribution >= 4 is 36.3 Å². The molecular formula is C6H11Cl2FNO3P. The van der Waals surface area contributed by atoms with Gasteiger partial charge in [-0.2, -0.15) is 0 Å². The maximum absolute atomic E-state index is 12.9. The molecule has 0 unspecified atom stereocenters. The molecule has 0 heterocycles. The Morgan fingerprint density at radius 2 is 1.79 bits per heavy atom. The number of halogens is 3. The van der Waals surface area contributed by atoms with Crippen molar-refractivity contribution in [3.05, 3.63) is 0 Å². The highest BCUT2D eigenvalue weighted by Crippen LogP contribution is 2.54. The zero-order valence-electron chi connectivity index (χ0n) is 7.72. The second-order valence-electron chi connectivity index (χ2n) is 2.18. The molecule has 0 amide bonds. The van der Waals surface area contributed by atoms with Gasteiger partial charge in [0.15, 0.2) is 5.45 Å². The average Bonchev–Trinajstić information content (AvgIpc) is 2.02. The van der Waals surface area contributed by atoms with Gasteiger partial charge in [-0.3, -0.25) is 9.97 Å². The van der Waals surface area contributed by atoms with Gasteiger partial charge in [0.05, 0.1) is 13.2 Å². The van der Waals surface area contributed by atoms with Crippen molar-refractivity contribution in [2.45, 2.75) is 18.4 Å². The van der Waals surface area contributed by atoms with Crippen molar-refractivity contribution in [1.29, 1.82) is 5.41 Å².